The van der Waals surface area contributed by atoms with Crippen LogP contribution in [0.15, 0.2) is 48.5 Å². The molecule has 0 aromatic heterocycles. The molecule has 2 aromatic carbocycles. The number of halogens is 3. The van der Waals surface area contributed by atoms with Crippen molar-refractivity contribution >= 4 is 8.69 Å². The molecule has 0 aliphatic carbocycles. The highest BCUT2D eigenvalue weighted by Crippen LogP contribution is 2.37. The maximum atomic E-state index is 13.5. The van der Waals surface area contributed by atoms with Crippen LogP contribution in [0.1, 0.15) is 36.0 Å². The summed E-state index contributed by atoms with van der Waals surface area (Å²) in [5, 5.41) is 9.43. The average Bonchev–Trinajstić information content (AvgIpc) is 2.76. The number of rotatable bonds is 13. The zero-order valence-corrected chi connectivity index (χ0v) is 18.2. The number of alkyl halides is 3. The lowest BCUT2D eigenvalue weighted by atomic mass is 9.93. The van der Waals surface area contributed by atoms with E-state index in [0.29, 0.717) is 12.0 Å². The summed E-state index contributed by atoms with van der Waals surface area (Å²) in [5.74, 6) is -0.201. The van der Waals surface area contributed by atoms with E-state index in [1.165, 1.54) is 11.6 Å². The molecule has 3 N–H and O–H groups in total. The molecule has 0 radical (unpaired) electrons. The van der Waals surface area contributed by atoms with Crippen molar-refractivity contribution in [3.05, 3.63) is 65.2 Å². The third kappa shape index (κ3) is 8.57. The fourth-order valence-corrected chi connectivity index (χ4v) is 3.45. The number of hydrogen-bond acceptors (Lipinski definition) is 5. The topological polar surface area (TPSA) is 81.8 Å². The van der Waals surface area contributed by atoms with Crippen molar-refractivity contribution in [2.45, 2.75) is 43.8 Å². The summed E-state index contributed by atoms with van der Waals surface area (Å²) in [6.45, 7) is -0.394. The van der Waals surface area contributed by atoms with Crippen molar-refractivity contribution in [3.63, 3.8) is 0 Å². The van der Waals surface area contributed by atoms with Crippen molar-refractivity contribution < 1.29 is 32.1 Å². The number of aryl methyl sites for hydroxylation is 2. The van der Waals surface area contributed by atoms with Crippen LogP contribution >= 0.6 is 8.69 Å². The Balaban J connectivity index is 1.95. The Morgan fingerprint density at radius 1 is 1.00 bits per heavy atom. The summed E-state index contributed by atoms with van der Waals surface area (Å²) in [7, 11) is -1.02. The molecule has 31 heavy (non-hydrogen) atoms. The van der Waals surface area contributed by atoms with Crippen molar-refractivity contribution in [1.29, 1.82) is 0 Å². The second-order valence-corrected chi connectivity index (χ2v) is 7.97. The Kier molecular flexibility index (Phi) is 9.91. The Bertz CT molecular complexity index is 820. The molecule has 0 saturated heterocycles. The van der Waals surface area contributed by atoms with Gasteiger partial charge in [-0.05, 0) is 59.9 Å². The Morgan fingerprint density at radius 3 is 2.39 bits per heavy atom. The standard InChI is InChI=1S/C22H28F3NO4P/c23-22(24,25)19-14-18(11-12-21(26,15-27)16-30-31-28)9-10-20(19)29-13-5-4-8-17-6-2-1-3-7-17/h1-3,6-7,9-10,14,27,31H,4-5,8,11-13,15-16,26H2/q+1. The van der Waals surface area contributed by atoms with Crippen LogP contribution in [0.2, 0.25) is 0 Å². The minimum atomic E-state index is -4.56. The number of aliphatic hydroxyl groups excluding tert-OH is 1. The molecule has 170 valence electrons. The number of unbranched alkanes of at least 4 members (excludes halogenated alkanes) is 1. The van der Waals surface area contributed by atoms with Gasteiger partial charge in [0, 0.05) is 0 Å². The predicted octanol–water partition coefficient (Wildman–Crippen LogP) is 4.69. The lowest BCUT2D eigenvalue weighted by molar-refractivity contribution is -0.139. The average molecular weight is 458 g/mol. The first-order valence-electron chi connectivity index (χ1n) is 10.0. The summed E-state index contributed by atoms with van der Waals surface area (Å²) in [4.78, 5) is 0. The van der Waals surface area contributed by atoms with Gasteiger partial charge >= 0.3 is 14.9 Å². The summed E-state index contributed by atoms with van der Waals surface area (Å²) < 4.78 is 61.3. The molecule has 2 unspecified atom stereocenters. The van der Waals surface area contributed by atoms with E-state index in [2.05, 4.69) is 0 Å². The number of aliphatic hydroxyl groups is 1. The molecule has 0 aliphatic rings. The molecule has 2 rings (SSSR count). The van der Waals surface area contributed by atoms with Gasteiger partial charge in [-0.3, -0.25) is 0 Å². The van der Waals surface area contributed by atoms with Crippen LogP contribution in [0, 0.1) is 0 Å². The van der Waals surface area contributed by atoms with Crippen molar-refractivity contribution in [2.75, 3.05) is 19.8 Å². The highest BCUT2D eigenvalue weighted by molar-refractivity contribution is 7.17. The summed E-state index contributed by atoms with van der Waals surface area (Å²) in [5.41, 5.74) is 5.55. The summed E-state index contributed by atoms with van der Waals surface area (Å²) in [6, 6.07) is 13.8. The first kappa shape index (κ1) is 25.3. The smallest absolute Gasteiger partial charge is 0.493 e. The quantitative estimate of drug-likeness (QED) is 0.336. The van der Waals surface area contributed by atoms with Crippen LogP contribution in [0.3, 0.4) is 0 Å². The third-order valence-corrected chi connectivity index (χ3v) is 5.22. The van der Waals surface area contributed by atoms with Gasteiger partial charge in [-0.25, -0.2) is 0 Å². The van der Waals surface area contributed by atoms with Gasteiger partial charge in [0.05, 0.1) is 24.3 Å². The van der Waals surface area contributed by atoms with Gasteiger partial charge in [0.1, 0.15) is 12.4 Å². The molecule has 5 nitrogen and oxygen atoms in total. The number of hydrogen-bond donors (Lipinski definition) is 2. The van der Waals surface area contributed by atoms with Crippen LogP contribution in [0.25, 0.3) is 0 Å². The first-order chi connectivity index (χ1) is 14.8. The van der Waals surface area contributed by atoms with E-state index in [4.69, 9.17) is 15.0 Å². The monoisotopic (exact) mass is 458 g/mol. The second-order valence-electron chi connectivity index (χ2n) is 7.51. The normalized spacial score (nSPS) is 13.8. The van der Waals surface area contributed by atoms with Crippen molar-refractivity contribution in [3.8, 4) is 5.75 Å². The molecule has 0 amide bonds. The van der Waals surface area contributed by atoms with Crippen LogP contribution < -0.4 is 10.5 Å². The fraction of sp³-hybridized carbons (Fsp3) is 0.455. The van der Waals surface area contributed by atoms with E-state index in [1.807, 2.05) is 30.3 Å². The van der Waals surface area contributed by atoms with Gasteiger partial charge in [-0.2, -0.15) is 13.2 Å². The molecule has 2 aromatic rings. The molecule has 0 aliphatic heterocycles. The van der Waals surface area contributed by atoms with E-state index in [0.717, 1.165) is 18.9 Å². The van der Waals surface area contributed by atoms with Gasteiger partial charge in [0.15, 0.2) is 0 Å². The van der Waals surface area contributed by atoms with E-state index in [1.54, 1.807) is 6.07 Å². The number of nitrogens with two attached hydrogens (primary N) is 1. The molecule has 0 spiro atoms. The number of ether oxygens (including phenoxy) is 1. The van der Waals surface area contributed by atoms with Crippen LogP contribution in [-0.4, -0.2) is 30.5 Å². The van der Waals surface area contributed by atoms with Crippen molar-refractivity contribution in [2.24, 2.45) is 5.73 Å². The van der Waals surface area contributed by atoms with Crippen LogP contribution in [0.4, 0.5) is 13.2 Å². The highest BCUT2D eigenvalue weighted by atomic mass is 31.1. The van der Waals surface area contributed by atoms with Gasteiger partial charge in [0.2, 0.25) is 0 Å². The summed E-state index contributed by atoms with van der Waals surface area (Å²) >= 11 is 0. The van der Waals surface area contributed by atoms with Crippen LogP contribution in [-0.2, 0) is 28.1 Å². The highest BCUT2D eigenvalue weighted by Gasteiger charge is 2.35. The van der Waals surface area contributed by atoms with Gasteiger partial charge in [-0.1, -0.05) is 36.4 Å². The van der Waals surface area contributed by atoms with Gasteiger partial charge in [0.25, 0.3) is 0 Å². The molecule has 2 atom stereocenters. The Morgan fingerprint density at radius 2 is 1.74 bits per heavy atom. The maximum absolute atomic E-state index is 13.5. The minimum Gasteiger partial charge on any atom is -0.493 e. The number of benzene rings is 2. The molecule has 0 bridgehead atoms. The van der Waals surface area contributed by atoms with Crippen LogP contribution in [0.5, 0.6) is 5.75 Å². The summed E-state index contributed by atoms with van der Waals surface area (Å²) in [6.07, 6.45) is -1.89. The third-order valence-electron chi connectivity index (χ3n) is 4.95. The lowest BCUT2D eigenvalue weighted by Crippen LogP contribution is -2.47. The SMILES string of the molecule is NC(CO)(CCc1ccc(OCCCCc2ccccc2)c(C(F)(F)F)c1)CO[PH+]=O. The predicted molar refractivity (Wildman–Crippen MR) is 114 cm³/mol. The molecule has 0 heterocycles. The maximum Gasteiger partial charge on any atom is 0.494 e. The first-order valence-corrected chi connectivity index (χ1v) is 10.8. The van der Waals surface area contributed by atoms with Crippen molar-refractivity contribution in [1.82, 2.24) is 0 Å². The molecule has 9 heteroatoms. The van der Waals surface area contributed by atoms with E-state index < -0.39 is 32.6 Å². The lowest BCUT2D eigenvalue weighted by Gasteiger charge is -2.24. The zero-order valence-electron chi connectivity index (χ0n) is 17.2. The molecule has 0 fully saturated rings. The molecular formula is C22H28F3NO4P+. The van der Waals surface area contributed by atoms with E-state index in [-0.39, 0.29) is 31.8 Å². The molecule has 0 saturated carbocycles. The van der Waals surface area contributed by atoms with E-state index in [9.17, 15) is 22.8 Å². The minimum absolute atomic E-state index is 0.151. The second kappa shape index (κ2) is 12.2. The zero-order chi connectivity index (χ0) is 22.7. The fourth-order valence-electron chi connectivity index (χ4n) is 3.10. The van der Waals surface area contributed by atoms with Gasteiger partial charge in [-0.15, -0.1) is 4.52 Å². The molecular weight excluding hydrogens is 430 g/mol. The van der Waals surface area contributed by atoms with E-state index >= 15 is 0 Å². The largest absolute Gasteiger partial charge is 0.494 e. The van der Waals surface area contributed by atoms with Gasteiger partial charge < -0.3 is 15.6 Å². The Labute approximate surface area is 181 Å². The Hall–Kier alpha value is -1.99.